The van der Waals surface area contributed by atoms with Gasteiger partial charge in [-0.15, -0.1) is 0 Å². The van der Waals surface area contributed by atoms with Gasteiger partial charge in [-0.05, 0) is 41.8 Å². The van der Waals surface area contributed by atoms with E-state index in [0.29, 0.717) is 11.1 Å². The zero-order valence-corrected chi connectivity index (χ0v) is 14.1. The van der Waals surface area contributed by atoms with Crippen molar-refractivity contribution in [3.05, 3.63) is 77.9 Å². The van der Waals surface area contributed by atoms with Gasteiger partial charge in [-0.25, -0.2) is 22.3 Å². The van der Waals surface area contributed by atoms with Crippen LogP contribution < -0.4 is 5.14 Å². The molecule has 0 aliphatic heterocycles. The number of sulfonamides is 1. The molecular formula is C19H15F2NO2S. The van der Waals surface area contributed by atoms with Gasteiger partial charge in [0.05, 0.1) is 4.90 Å². The van der Waals surface area contributed by atoms with Gasteiger partial charge in [0.15, 0.2) is 11.6 Å². The second kappa shape index (κ2) is 6.38. The Morgan fingerprint density at radius 1 is 0.800 bits per heavy atom. The highest BCUT2D eigenvalue weighted by molar-refractivity contribution is 7.89. The summed E-state index contributed by atoms with van der Waals surface area (Å²) in [4.78, 5) is -0.144. The summed E-state index contributed by atoms with van der Waals surface area (Å²) in [5.41, 5.74) is 2.52. The van der Waals surface area contributed by atoms with E-state index < -0.39 is 21.7 Å². The smallest absolute Gasteiger partial charge is 0.225 e. The van der Waals surface area contributed by atoms with Crippen LogP contribution in [0.3, 0.4) is 0 Å². The summed E-state index contributed by atoms with van der Waals surface area (Å²) in [6.07, 6.45) is 0. The van der Waals surface area contributed by atoms with Gasteiger partial charge in [0, 0.05) is 5.56 Å². The van der Waals surface area contributed by atoms with Gasteiger partial charge in [0.1, 0.15) is 0 Å². The zero-order chi connectivity index (χ0) is 18.2. The first-order chi connectivity index (χ1) is 11.8. The van der Waals surface area contributed by atoms with Crippen molar-refractivity contribution in [2.45, 2.75) is 11.8 Å². The standard InChI is InChI=1S/C19H15F2NO2S/c1-12-6-8-13(9-7-12)15-10-17(20)18(21)11-16(15)14-4-2-3-5-19(14)25(22,23)24/h2-11H,1H3,(H2,22,23,24). The van der Waals surface area contributed by atoms with Crippen molar-refractivity contribution in [1.29, 1.82) is 0 Å². The second-order valence-corrected chi connectivity index (χ2v) is 7.25. The van der Waals surface area contributed by atoms with Gasteiger partial charge in [-0.1, -0.05) is 48.0 Å². The number of hydrogen-bond donors (Lipinski definition) is 1. The highest BCUT2D eigenvalue weighted by Gasteiger charge is 2.19. The molecule has 6 heteroatoms. The lowest BCUT2D eigenvalue weighted by molar-refractivity contribution is 0.509. The van der Waals surface area contributed by atoms with E-state index in [9.17, 15) is 17.2 Å². The van der Waals surface area contributed by atoms with Crippen LogP contribution in [0.2, 0.25) is 0 Å². The molecule has 0 bridgehead atoms. The summed E-state index contributed by atoms with van der Waals surface area (Å²) >= 11 is 0. The van der Waals surface area contributed by atoms with Crippen molar-refractivity contribution in [2.24, 2.45) is 5.14 Å². The normalized spacial score (nSPS) is 11.5. The van der Waals surface area contributed by atoms with E-state index in [2.05, 4.69) is 0 Å². The monoisotopic (exact) mass is 359 g/mol. The van der Waals surface area contributed by atoms with Gasteiger partial charge in [-0.2, -0.15) is 0 Å². The minimum Gasteiger partial charge on any atom is -0.225 e. The first-order valence-electron chi connectivity index (χ1n) is 7.45. The highest BCUT2D eigenvalue weighted by Crippen LogP contribution is 2.36. The fourth-order valence-corrected chi connectivity index (χ4v) is 3.43. The van der Waals surface area contributed by atoms with Crippen molar-refractivity contribution in [3.63, 3.8) is 0 Å². The third kappa shape index (κ3) is 3.45. The number of nitrogens with two attached hydrogens (primary N) is 1. The number of rotatable bonds is 3. The number of primary sulfonamides is 1. The predicted molar refractivity (Wildman–Crippen MR) is 93.3 cm³/mol. The van der Waals surface area contributed by atoms with Crippen LogP contribution in [0.4, 0.5) is 8.78 Å². The van der Waals surface area contributed by atoms with Gasteiger partial charge in [0.2, 0.25) is 10.0 Å². The quantitative estimate of drug-likeness (QED) is 0.760. The molecule has 0 spiro atoms. The summed E-state index contributed by atoms with van der Waals surface area (Å²) in [6, 6.07) is 15.3. The Morgan fingerprint density at radius 3 is 1.96 bits per heavy atom. The van der Waals surface area contributed by atoms with Crippen molar-refractivity contribution in [1.82, 2.24) is 0 Å². The molecule has 0 unspecified atom stereocenters. The average molecular weight is 359 g/mol. The van der Waals surface area contributed by atoms with Crippen LogP contribution in [0.25, 0.3) is 22.3 Å². The van der Waals surface area contributed by atoms with Crippen LogP contribution in [0, 0.1) is 18.6 Å². The van der Waals surface area contributed by atoms with Gasteiger partial charge in [-0.3, -0.25) is 0 Å². The molecule has 128 valence electrons. The van der Waals surface area contributed by atoms with E-state index in [1.807, 2.05) is 19.1 Å². The lowest BCUT2D eigenvalue weighted by Crippen LogP contribution is -2.13. The summed E-state index contributed by atoms with van der Waals surface area (Å²) in [5, 5.41) is 5.28. The van der Waals surface area contributed by atoms with Crippen LogP contribution in [0.15, 0.2) is 65.6 Å². The number of hydrogen-bond acceptors (Lipinski definition) is 2. The summed E-state index contributed by atoms with van der Waals surface area (Å²) in [6.45, 7) is 1.91. The SMILES string of the molecule is Cc1ccc(-c2cc(F)c(F)cc2-c2ccccc2S(N)(=O)=O)cc1. The number of aryl methyl sites for hydroxylation is 1. The summed E-state index contributed by atoms with van der Waals surface area (Å²) in [7, 11) is -4.03. The molecule has 0 radical (unpaired) electrons. The minimum absolute atomic E-state index is 0.144. The molecule has 25 heavy (non-hydrogen) atoms. The molecular weight excluding hydrogens is 344 g/mol. The Balaban J connectivity index is 2.34. The van der Waals surface area contributed by atoms with Crippen LogP contribution in [-0.4, -0.2) is 8.42 Å². The van der Waals surface area contributed by atoms with Crippen molar-refractivity contribution < 1.29 is 17.2 Å². The third-order valence-corrected chi connectivity index (χ3v) is 4.88. The molecule has 0 atom stereocenters. The molecule has 0 fully saturated rings. The summed E-state index contributed by atoms with van der Waals surface area (Å²) in [5.74, 6) is -2.07. The van der Waals surface area contributed by atoms with Crippen LogP contribution in [-0.2, 0) is 10.0 Å². The Labute approximate surface area is 144 Å². The maximum absolute atomic E-state index is 13.9. The first kappa shape index (κ1) is 17.3. The molecule has 0 saturated carbocycles. The van der Waals surface area contributed by atoms with Crippen LogP contribution >= 0.6 is 0 Å². The molecule has 3 rings (SSSR count). The topological polar surface area (TPSA) is 60.2 Å². The molecule has 0 heterocycles. The van der Waals surface area contributed by atoms with Crippen molar-refractivity contribution in [3.8, 4) is 22.3 Å². The number of benzene rings is 3. The van der Waals surface area contributed by atoms with E-state index in [1.54, 1.807) is 18.2 Å². The lowest BCUT2D eigenvalue weighted by Gasteiger charge is -2.14. The Kier molecular flexibility index (Phi) is 4.41. The molecule has 3 nitrogen and oxygen atoms in total. The van der Waals surface area contributed by atoms with E-state index in [-0.39, 0.29) is 16.0 Å². The van der Waals surface area contributed by atoms with Gasteiger partial charge < -0.3 is 0 Å². The molecule has 0 aromatic heterocycles. The molecule has 3 aromatic carbocycles. The largest absolute Gasteiger partial charge is 0.238 e. The van der Waals surface area contributed by atoms with E-state index >= 15 is 0 Å². The molecule has 0 saturated heterocycles. The fraction of sp³-hybridized carbons (Fsp3) is 0.0526. The maximum Gasteiger partial charge on any atom is 0.238 e. The van der Waals surface area contributed by atoms with Crippen LogP contribution in [0.1, 0.15) is 5.56 Å². The molecule has 0 aliphatic rings. The molecule has 3 aromatic rings. The Hall–Kier alpha value is -2.57. The second-order valence-electron chi connectivity index (χ2n) is 5.72. The van der Waals surface area contributed by atoms with E-state index in [1.165, 1.54) is 18.2 Å². The Morgan fingerprint density at radius 2 is 1.36 bits per heavy atom. The van der Waals surface area contributed by atoms with Gasteiger partial charge >= 0.3 is 0 Å². The Bertz CT molecular complexity index is 1050. The fourth-order valence-electron chi connectivity index (χ4n) is 2.68. The summed E-state index contributed by atoms with van der Waals surface area (Å²) < 4.78 is 51.5. The average Bonchev–Trinajstić information content (AvgIpc) is 2.57. The van der Waals surface area contributed by atoms with Crippen molar-refractivity contribution in [2.75, 3.05) is 0 Å². The molecule has 0 aliphatic carbocycles. The molecule has 0 amide bonds. The lowest BCUT2D eigenvalue weighted by atomic mass is 9.93. The third-order valence-electron chi connectivity index (χ3n) is 3.91. The minimum atomic E-state index is -4.03. The van der Waals surface area contributed by atoms with E-state index in [0.717, 1.165) is 17.7 Å². The zero-order valence-electron chi connectivity index (χ0n) is 13.3. The van der Waals surface area contributed by atoms with Gasteiger partial charge in [0.25, 0.3) is 0 Å². The van der Waals surface area contributed by atoms with E-state index in [4.69, 9.17) is 5.14 Å². The highest BCUT2D eigenvalue weighted by atomic mass is 32.2. The van der Waals surface area contributed by atoms with Crippen molar-refractivity contribution >= 4 is 10.0 Å². The first-order valence-corrected chi connectivity index (χ1v) is 9.00. The number of halogens is 2. The van der Waals surface area contributed by atoms with Crippen LogP contribution in [0.5, 0.6) is 0 Å². The predicted octanol–water partition coefficient (Wildman–Crippen LogP) is 4.25. The molecule has 2 N–H and O–H groups in total. The maximum atomic E-state index is 13.9.